The topological polar surface area (TPSA) is 70.4 Å². The lowest BCUT2D eigenvalue weighted by atomic mass is 10.4. The fourth-order valence-corrected chi connectivity index (χ4v) is 1.72. The van der Waals surface area contributed by atoms with E-state index in [1.165, 1.54) is 23.8 Å². The predicted molar refractivity (Wildman–Crippen MR) is 61.8 cm³/mol. The zero-order valence-corrected chi connectivity index (χ0v) is 10.4. The number of amides is 1. The second-order valence-corrected chi connectivity index (χ2v) is 4.21. The minimum Gasteiger partial charge on any atom is -0.469 e. The normalized spacial score (nSPS) is 9.31. The number of hydrogen-bond donors (Lipinski definition) is 0. The number of nitrogens with zero attached hydrogens (tertiary/aromatic N) is 2. The molecule has 0 heterocycles. The van der Waals surface area contributed by atoms with E-state index in [9.17, 15) is 9.59 Å². The van der Waals surface area contributed by atoms with E-state index >= 15 is 0 Å². The highest BCUT2D eigenvalue weighted by Gasteiger charge is 2.08. The number of ether oxygens (including phenoxy) is 1. The minimum atomic E-state index is -0.266. The first-order valence-corrected chi connectivity index (χ1v) is 6.02. The lowest BCUT2D eigenvalue weighted by molar-refractivity contribution is -0.140. The lowest BCUT2D eigenvalue weighted by Crippen LogP contribution is -2.29. The van der Waals surface area contributed by atoms with Crippen LogP contribution in [0.3, 0.4) is 0 Å². The van der Waals surface area contributed by atoms with Gasteiger partial charge in [0.15, 0.2) is 0 Å². The molecule has 90 valence electrons. The molecule has 0 saturated heterocycles. The lowest BCUT2D eigenvalue weighted by Gasteiger charge is -2.14. The Kier molecular flexibility index (Phi) is 8.35. The Morgan fingerprint density at radius 2 is 2.19 bits per heavy atom. The van der Waals surface area contributed by atoms with Gasteiger partial charge in [0.1, 0.15) is 0 Å². The highest BCUT2D eigenvalue weighted by Crippen LogP contribution is 2.04. The van der Waals surface area contributed by atoms with Crippen molar-refractivity contribution in [3.63, 3.8) is 0 Å². The molecular formula is C10H16N2O3S. The number of carbonyl (C=O) groups is 2. The summed E-state index contributed by atoms with van der Waals surface area (Å²) in [6.45, 7) is 0.451. The van der Waals surface area contributed by atoms with Crippen LogP contribution in [0.4, 0.5) is 0 Å². The van der Waals surface area contributed by atoms with Gasteiger partial charge in [0.25, 0.3) is 0 Å². The number of thioether (sulfide) groups is 1. The molecule has 0 aliphatic carbocycles. The maximum Gasteiger partial charge on any atom is 0.306 e. The van der Waals surface area contributed by atoms with Crippen LogP contribution in [0.5, 0.6) is 0 Å². The summed E-state index contributed by atoms with van der Waals surface area (Å²) < 4.78 is 4.47. The molecule has 0 unspecified atom stereocenters. The molecule has 6 heteroatoms. The van der Waals surface area contributed by atoms with E-state index < -0.39 is 0 Å². The molecule has 0 bridgehead atoms. The molecule has 0 aliphatic rings. The second-order valence-electron chi connectivity index (χ2n) is 3.10. The highest BCUT2D eigenvalue weighted by molar-refractivity contribution is 7.99. The molecule has 0 aromatic rings. The SMILES string of the molecule is COC(=O)CCSCC(=O)N(C)CCC#N. The molecule has 0 rings (SSSR count). The van der Waals surface area contributed by atoms with Gasteiger partial charge < -0.3 is 9.64 Å². The summed E-state index contributed by atoms with van der Waals surface area (Å²) in [6.07, 6.45) is 0.658. The van der Waals surface area contributed by atoms with Crippen LogP contribution in [0.1, 0.15) is 12.8 Å². The summed E-state index contributed by atoms with van der Waals surface area (Å²) in [5, 5.41) is 8.35. The Hall–Kier alpha value is -1.22. The maximum absolute atomic E-state index is 11.4. The predicted octanol–water partition coefficient (Wildman–Crippen LogP) is 0.655. The molecule has 0 atom stereocenters. The summed E-state index contributed by atoms with van der Waals surface area (Å²) >= 11 is 1.39. The van der Waals surface area contributed by atoms with Gasteiger partial charge in [0, 0.05) is 19.3 Å². The summed E-state index contributed by atoms with van der Waals surface area (Å²) in [5.41, 5.74) is 0. The third-order valence-corrected chi connectivity index (χ3v) is 2.83. The number of rotatable bonds is 7. The zero-order chi connectivity index (χ0) is 12.4. The van der Waals surface area contributed by atoms with Gasteiger partial charge in [-0.1, -0.05) is 0 Å². The van der Waals surface area contributed by atoms with Crippen LogP contribution in [0.2, 0.25) is 0 Å². The van der Waals surface area contributed by atoms with Gasteiger partial charge in [-0.05, 0) is 0 Å². The molecule has 0 fully saturated rings. The summed E-state index contributed by atoms with van der Waals surface area (Å²) in [6, 6.07) is 1.98. The van der Waals surface area contributed by atoms with Crippen LogP contribution in [-0.2, 0) is 14.3 Å². The van der Waals surface area contributed by atoms with Crippen molar-refractivity contribution in [2.45, 2.75) is 12.8 Å². The zero-order valence-electron chi connectivity index (χ0n) is 9.56. The average Bonchev–Trinajstić information content (AvgIpc) is 2.30. The van der Waals surface area contributed by atoms with Crippen molar-refractivity contribution in [1.29, 1.82) is 5.26 Å². The van der Waals surface area contributed by atoms with Crippen molar-refractivity contribution in [3.05, 3.63) is 0 Å². The first kappa shape index (κ1) is 14.8. The third kappa shape index (κ3) is 7.12. The molecule has 0 radical (unpaired) electrons. The molecule has 0 aromatic carbocycles. The standard InChI is InChI=1S/C10H16N2O3S/c1-12(6-3-5-11)9(13)8-16-7-4-10(14)15-2/h3-4,6-8H2,1-2H3. The smallest absolute Gasteiger partial charge is 0.306 e. The van der Waals surface area contributed by atoms with E-state index in [2.05, 4.69) is 4.74 Å². The minimum absolute atomic E-state index is 0.0230. The second kappa shape index (κ2) is 9.04. The van der Waals surface area contributed by atoms with Crippen molar-refractivity contribution in [2.75, 3.05) is 32.2 Å². The Morgan fingerprint density at radius 1 is 1.50 bits per heavy atom. The van der Waals surface area contributed by atoms with E-state index in [-0.39, 0.29) is 11.9 Å². The molecule has 0 saturated carbocycles. The number of hydrogen-bond acceptors (Lipinski definition) is 5. The third-order valence-electron chi connectivity index (χ3n) is 1.89. The van der Waals surface area contributed by atoms with Crippen molar-refractivity contribution >= 4 is 23.6 Å². The van der Waals surface area contributed by atoms with E-state index in [4.69, 9.17) is 5.26 Å². The van der Waals surface area contributed by atoms with Gasteiger partial charge in [0.2, 0.25) is 5.91 Å². The Bertz CT molecular complexity index is 276. The van der Waals surface area contributed by atoms with Crippen molar-refractivity contribution < 1.29 is 14.3 Å². The molecule has 0 aromatic heterocycles. The van der Waals surface area contributed by atoms with E-state index in [1.54, 1.807) is 7.05 Å². The monoisotopic (exact) mass is 244 g/mol. The fourth-order valence-electron chi connectivity index (χ4n) is 0.870. The Morgan fingerprint density at radius 3 is 2.75 bits per heavy atom. The van der Waals surface area contributed by atoms with E-state index in [0.29, 0.717) is 30.9 Å². The molecule has 0 aliphatic heterocycles. The number of esters is 1. The number of methoxy groups -OCH3 is 1. The van der Waals surface area contributed by atoms with Crippen LogP contribution < -0.4 is 0 Å². The van der Waals surface area contributed by atoms with Crippen LogP contribution in [0.25, 0.3) is 0 Å². The van der Waals surface area contributed by atoms with Crippen LogP contribution in [0, 0.1) is 11.3 Å². The average molecular weight is 244 g/mol. The Labute approximate surface area is 99.7 Å². The van der Waals surface area contributed by atoms with Crippen LogP contribution >= 0.6 is 11.8 Å². The largest absolute Gasteiger partial charge is 0.469 e. The van der Waals surface area contributed by atoms with Crippen molar-refractivity contribution in [2.24, 2.45) is 0 Å². The quantitative estimate of drug-likeness (QED) is 0.486. The number of carbonyl (C=O) groups excluding carboxylic acids is 2. The van der Waals surface area contributed by atoms with Crippen molar-refractivity contribution in [3.8, 4) is 6.07 Å². The molecular weight excluding hydrogens is 228 g/mol. The molecule has 0 N–H and O–H groups in total. The summed E-state index contributed by atoms with van der Waals surface area (Å²) in [7, 11) is 3.01. The molecule has 5 nitrogen and oxygen atoms in total. The van der Waals surface area contributed by atoms with Crippen molar-refractivity contribution in [1.82, 2.24) is 4.90 Å². The first-order chi connectivity index (χ1) is 7.61. The molecule has 0 spiro atoms. The van der Waals surface area contributed by atoms with Crippen LogP contribution in [0.15, 0.2) is 0 Å². The maximum atomic E-state index is 11.4. The van der Waals surface area contributed by atoms with Gasteiger partial charge >= 0.3 is 5.97 Å². The van der Waals surface area contributed by atoms with Gasteiger partial charge in [-0.15, -0.1) is 0 Å². The summed E-state index contributed by atoms with van der Waals surface area (Å²) in [5.74, 6) is 0.617. The summed E-state index contributed by atoms with van der Waals surface area (Å²) in [4.78, 5) is 23.7. The van der Waals surface area contributed by atoms with Gasteiger partial charge in [-0.2, -0.15) is 17.0 Å². The van der Waals surface area contributed by atoms with E-state index in [0.717, 1.165) is 0 Å². The van der Waals surface area contributed by atoms with Crippen LogP contribution in [-0.4, -0.2) is 49.0 Å². The Balaban J connectivity index is 3.57. The van der Waals surface area contributed by atoms with E-state index in [1.807, 2.05) is 6.07 Å². The number of nitriles is 1. The molecule has 1 amide bonds. The fraction of sp³-hybridized carbons (Fsp3) is 0.700. The first-order valence-electron chi connectivity index (χ1n) is 4.87. The van der Waals surface area contributed by atoms with Gasteiger partial charge in [-0.25, -0.2) is 0 Å². The van der Waals surface area contributed by atoms with Gasteiger partial charge in [0.05, 0.1) is 31.8 Å². The highest BCUT2D eigenvalue weighted by atomic mass is 32.2. The van der Waals surface area contributed by atoms with Gasteiger partial charge in [-0.3, -0.25) is 9.59 Å². The molecule has 16 heavy (non-hydrogen) atoms.